The molecule has 1 rings (SSSR count). The van der Waals surface area contributed by atoms with Gasteiger partial charge in [-0.05, 0) is 44.6 Å². The first kappa shape index (κ1) is 18.0. The Hall–Kier alpha value is -0.0800. The van der Waals surface area contributed by atoms with Crippen molar-refractivity contribution < 1.29 is 0 Å². The standard InChI is InChI=1S/C18H38N2/c1-6-8-13-20(17(5)7-2)15-18(11-9-10-12-18)14-19-16(3)4/h16-17,19H,6-15H2,1-5H3. The molecule has 1 saturated carbocycles. The van der Waals surface area contributed by atoms with E-state index in [0.717, 1.165) is 6.04 Å². The SMILES string of the molecule is CCCCN(CC1(CNC(C)C)CCCC1)C(C)CC. The summed E-state index contributed by atoms with van der Waals surface area (Å²) in [6.07, 6.45) is 9.64. The van der Waals surface area contributed by atoms with Crippen LogP contribution in [0.1, 0.15) is 79.6 Å². The van der Waals surface area contributed by atoms with Crippen LogP contribution in [0.15, 0.2) is 0 Å². The number of nitrogens with zero attached hydrogens (tertiary/aromatic N) is 1. The zero-order chi connectivity index (χ0) is 15.0. The van der Waals surface area contributed by atoms with Gasteiger partial charge in [0.1, 0.15) is 0 Å². The van der Waals surface area contributed by atoms with Gasteiger partial charge in [-0.3, -0.25) is 0 Å². The highest BCUT2D eigenvalue weighted by atomic mass is 15.2. The zero-order valence-electron chi connectivity index (χ0n) is 14.7. The van der Waals surface area contributed by atoms with Crippen molar-refractivity contribution in [2.24, 2.45) is 5.41 Å². The molecule has 0 aromatic rings. The molecule has 2 nitrogen and oxygen atoms in total. The fourth-order valence-electron chi connectivity index (χ4n) is 3.44. The largest absolute Gasteiger partial charge is 0.314 e. The fraction of sp³-hybridized carbons (Fsp3) is 1.00. The Morgan fingerprint density at radius 1 is 1.10 bits per heavy atom. The molecule has 0 bridgehead atoms. The van der Waals surface area contributed by atoms with E-state index < -0.39 is 0 Å². The van der Waals surface area contributed by atoms with Crippen LogP contribution in [0.4, 0.5) is 0 Å². The van der Waals surface area contributed by atoms with E-state index in [9.17, 15) is 0 Å². The molecular weight excluding hydrogens is 244 g/mol. The second-order valence-corrected chi connectivity index (χ2v) is 7.32. The van der Waals surface area contributed by atoms with E-state index >= 15 is 0 Å². The maximum atomic E-state index is 3.72. The van der Waals surface area contributed by atoms with Crippen LogP contribution in [0.5, 0.6) is 0 Å². The summed E-state index contributed by atoms with van der Waals surface area (Å²) in [5, 5.41) is 3.72. The monoisotopic (exact) mass is 282 g/mol. The number of nitrogens with one attached hydrogen (secondary N) is 1. The minimum Gasteiger partial charge on any atom is -0.314 e. The maximum Gasteiger partial charge on any atom is 0.00645 e. The summed E-state index contributed by atoms with van der Waals surface area (Å²) in [5.74, 6) is 0. The Bertz CT molecular complexity index is 244. The number of hydrogen-bond acceptors (Lipinski definition) is 2. The lowest BCUT2D eigenvalue weighted by Crippen LogP contribution is -2.47. The molecule has 0 aromatic heterocycles. The molecule has 0 saturated heterocycles. The highest BCUT2D eigenvalue weighted by Crippen LogP contribution is 2.39. The van der Waals surface area contributed by atoms with Gasteiger partial charge in [-0.2, -0.15) is 0 Å². The third-order valence-corrected chi connectivity index (χ3v) is 5.10. The molecule has 1 N–H and O–H groups in total. The fourth-order valence-corrected chi connectivity index (χ4v) is 3.44. The number of unbranched alkanes of at least 4 members (excludes halogenated alkanes) is 1. The van der Waals surface area contributed by atoms with Crippen LogP contribution in [-0.4, -0.2) is 36.6 Å². The Balaban J connectivity index is 2.64. The van der Waals surface area contributed by atoms with Crippen molar-refractivity contribution in [1.82, 2.24) is 10.2 Å². The topological polar surface area (TPSA) is 15.3 Å². The molecule has 120 valence electrons. The molecule has 1 fully saturated rings. The van der Waals surface area contributed by atoms with Crippen molar-refractivity contribution in [3.8, 4) is 0 Å². The summed E-state index contributed by atoms with van der Waals surface area (Å²) < 4.78 is 0. The lowest BCUT2D eigenvalue weighted by atomic mass is 9.84. The molecule has 2 heteroatoms. The predicted octanol–water partition coefficient (Wildman–Crippen LogP) is 4.45. The summed E-state index contributed by atoms with van der Waals surface area (Å²) in [7, 11) is 0. The van der Waals surface area contributed by atoms with E-state index in [2.05, 4.69) is 44.8 Å². The van der Waals surface area contributed by atoms with Gasteiger partial charge in [0.05, 0.1) is 0 Å². The van der Waals surface area contributed by atoms with Crippen LogP contribution in [0, 0.1) is 5.41 Å². The molecule has 0 aliphatic heterocycles. The van der Waals surface area contributed by atoms with Crippen LogP contribution < -0.4 is 5.32 Å². The smallest absolute Gasteiger partial charge is 0.00645 e. The molecule has 1 atom stereocenters. The van der Waals surface area contributed by atoms with Gasteiger partial charge in [0, 0.05) is 25.2 Å². The van der Waals surface area contributed by atoms with E-state index in [4.69, 9.17) is 0 Å². The zero-order valence-corrected chi connectivity index (χ0v) is 14.7. The molecule has 0 spiro atoms. The highest BCUT2D eigenvalue weighted by Gasteiger charge is 2.36. The summed E-state index contributed by atoms with van der Waals surface area (Å²) in [4.78, 5) is 2.77. The molecule has 0 radical (unpaired) electrons. The second-order valence-electron chi connectivity index (χ2n) is 7.32. The van der Waals surface area contributed by atoms with Crippen molar-refractivity contribution in [3.05, 3.63) is 0 Å². The Labute approximate surface area is 127 Å². The van der Waals surface area contributed by atoms with Crippen molar-refractivity contribution in [1.29, 1.82) is 0 Å². The summed E-state index contributed by atoms with van der Waals surface area (Å²) in [6.45, 7) is 15.4. The minimum atomic E-state index is 0.543. The third kappa shape index (κ3) is 5.73. The molecule has 1 aliphatic rings. The predicted molar refractivity (Wildman–Crippen MR) is 90.3 cm³/mol. The quantitative estimate of drug-likeness (QED) is 0.637. The molecule has 1 aliphatic carbocycles. The summed E-state index contributed by atoms with van der Waals surface area (Å²) in [6, 6.07) is 1.35. The van der Waals surface area contributed by atoms with Crippen molar-refractivity contribution >= 4 is 0 Å². The summed E-state index contributed by atoms with van der Waals surface area (Å²) >= 11 is 0. The molecule has 20 heavy (non-hydrogen) atoms. The Morgan fingerprint density at radius 3 is 2.25 bits per heavy atom. The second kappa shape index (κ2) is 9.04. The first-order chi connectivity index (χ1) is 9.53. The van der Waals surface area contributed by atoms with Crippen molar-refractivity contribution in [2.45, 2.75) is 91.6 Å². The number of rotatable bonds is 10. The molecule has 0 heterocycles. The van der Waals surface area contributed by atoms with Gasteiger partial charge in [-0.25, -0.2) is 0 Å². The van der Waals surface area contributed by atoms with Gasteiger partial charge in [0.2, 0.25) is 0 Å². The molecule has 0 amide bonds. The van der Waals surface area contributed by atoms with E-state index in [0.29, 0.717) is 11.5 Å². The van der Waals surface area contributed by atoms with E-state index in [1.807, 2.05) is 0 Å². The van der Waals surface area contributed by atoms with E-state index in [1.54, 1.807) is 0 Å². The van der Waals surface area contributed by atoms with Crippen molar-refractivity contribution in [3.63, 3.8) is 0 Å². The van der Waals surface area contributed by atoms with Gasteiger partial charge in [-0.15, -0.1) is 0 Å². The molecule has 0 aromatic carbocycles. The van der Waals surface area contributed by atoms with Crippen LogP contribution in [0.25, 0.3) is 0 Å². The minimum absolute atomic E-state index is 0.543. The average molecular weight is 283 g/mol. The Morgan fingerprint density at radius 2 is 1.75 bits per heavy atom. The normalized spacial score (nSPS) is 19.9. The molecule has 1 unspecified atom stereocenters. The first-order valence-electron chi connectivity index (χ1n) is 9.00. The highest BCUT2D eigenvalue weighted by molar-refractivity contribution is 4.90. The average Bonchev–Trinajstić information content (AvgIpc) is 2.89. The lowest BCUT2D eigenvalue weighted by Gasteiger charge is -2.39. The Kier molecular flexibility index (Phi) is 8.13. The van der Waals surface area contributed by atoms with Gasteiger partial charge in [0.15, 0.2) is 0 Å². The number of hydrogen-bond donors (Lipinski definition) is 1. The van der Waals surface area contributed by atoms with Crippen LogP contribution in [0.3, 0.4) is 0 Å². The van der Waals surface area contributed by atoms with E-state index in [1.165, 1.54) is 64.6 Å². The van der Waals surface area contributed by atoms with Crippen molar-refractivity contribution in [2.75, 3.05) is 19.6 Å². The van der Waals surface area contributed by atoms with Crippen LogP contribution in [0.2, 0.25) is 0 Å². The first-order valence-corrected chi connectivity index (χ1v) is 9.00. The van der Waals surface area contributed by atoms with Gasteiger partial charge >= 0.3 is 0 Å². The lowest BCUT2D eigenvalue weighted by molar-refractivity contribution is 0.109. The third-order valence-electron chi connectivity index (χ3n) is 5.10. The molecular formula is C18H38N2. The maximum absolute atomic E-state index is 3.72. The van der Waals surface area contributed by atoms with Gasteiger partial charge < -0.3 is 10.2 Å². The van der Waals surface area contributed by atoms with Crippen LogP contribution in [-0.2, 0) is 0 Å². The summed E-state index contributed by atoms with van der Waals surface area (Å²) in [5.41, 5.74) is 0.543. The van der Waals surface area contributed by atoms with Gasteiger partial charge in [0.25, 0.3) is 0 Å². The van der Waals surface area contributed by atoms with Crippen LogP contribution >= 0.6 is 0 Å². The van der Waals surface area contributed by atoms with Gasteiger partial charge in [-0.1, -0.05) is 47.0 Å². The van der Waals surface area contributed by atoms with E-state index in [-0.39, 0.29) is 0 Å².